The summed E-state index contributed by atoms with van der Waals surface area (Å²) in [5.41, 5.74) is 3.96. The molecule has 0 fully saturated rings. The number of carbonyl (C=O) groups excluding carboxylic acids is 1. The van der Waals surface area contributed by atoms with Crippen LogP contribution in [0.2, 0.25) is 0 Å². The molecule has 2 aromatic rings. The van der Waals surface area contributed by atoms with Gasteiger partial charge in [0.2, 0.25) is 0 Å². The third-order valence-corrected chi connectivity index (χ3v) is 3.73. The number of nitrogens with zero attached hydrogens (tertiary/aromatic N) is 2. The first-order valence-corrected chi connectivity index (χ1v) is 7.24. The van der Waals surface area contributed by atoms with E-state index in [9.17, 15) is 4.79 Å². The maximum atomic E-state index is 12.5. The number of aromatic nitrogens is 1. The highest BCUT2D eigenvalue weighted by atomic mass is 16.2. The number of fused-ring (bicyclic) bond motifs is 1. The minimum absolute atomic E-state index is 0.0829. The number of hydrogen-bond acceptors (Lipinski definition) is 2. The first-order chi connectivity index (χ1) is 10.3. The lowest BCUT2D eigenvalue weighted by Gasteiger charge is -2.28. The zero-order valence-corrected chi connectivity index (χ0v) is 12.1. The molecule has 0 saturated heterocycles. The summed E-state index contributed by atoms with van der Waals surface area (Å²) < 4.78 is 0. The molecule has 1 amide bonds. The average Bonchev–Trinajstić information content (AvgIpc) is 2.54. The van der Waals surface area contributed by atoms with Crippen LogP contribution >= 0.6 is 0 Å². The van der Waals surface area contributed by atoms with Crippen LogP contribution in [0.15, 0.2) is 48.5 Å². The number of pyridine rings is 1. The van der Waals surface area contributed by atoms with Crippen LogP contribution in [-0.4, -0.2) is 22.3 Å². The largest absolute Gasteiger partial charge is 0.332 e. The number of hydrogen-bond donors (Lipinski definition) is 0. The summed E-state index contributed by atoms with van der Waals surface area (Å²) in [5, 5.41) is 0. The molecule has 3 heteroatoms. The summed E-state index contributed by atoms with van der Waals surface area (Å²) in [6.07, 6.45) is 4.83. The lowest BCUT2D eigenvalue weighted by atomic mass is 10.0. The van der Waals surface area contributed by atoms with Gasteiger partial charge in [-0.15, -0.1) is 0 Å². The quantitative estimate of drug-likeness (QED) is 0.844. The predicted octanol–water partition coefficient (Wildman–Crippen LogP) is 3.31. The minimum atomic E-state index is 0.0829. The topological polar surface area (TPSA) is 33.2 Å². The molecule has 3 rings (SSSR count). The molecule has 1 aliphatic rings. The number of benzene rings is 1. The van der Waals surface area contributed by atoms with Crippen LogP contribution in [0.25, 0.3) is 6.08 Å². The Kier molecular flexibility index (Phi) is 3.82. The molecule has 106 valence electrons. The van der Waals surface area contributed by atoms with Gasteiger partial charge in [-0.25, -0.2) is 0 Å². The molecule has 21 heavy (non-hydrogen) atoms. The smallest absolute Gasteiger partial charge is 0.254 e. The SMILES string of the molecule is C/C=C/c1ccc2c(n1)CN(C(=O)c1ccccc1)CC2. The zero-order valence-electron chi connectivity index (χ0n) is 12.1. The van der Waals surface area contributed by atoms with Crippen LogP contribution in [0, 0.1) is 0 Å². The maximum absolute atomic E-state index is 12.5. The van der Waals surface area contributed by atoms with E-state index >= 15 is 0 Å². The fourth-order valence-corrected chi connectivity index (χ4v) is 2.63. The van der Waals surface area contributed by atoms with Gasteiger partial charge in [0.25, 0.3) is 5.91 Å². The van der Waals surface area contributed by atoms with E-state index in [0.717, 1.165) is 29.9 Å². The zero-order chi connectivity index (χ0) is 14.7. The molecule has 0 atom stereocenters. The molecular weight excluding hydrogens is 260 g/mol. The molecule has 2 heterocycles. The van der Waals surface area contributed by atoms with E-state index in [0.29, 0.717) is 6.54 Å². The summed E-state index contributed by atoms with van der Waals surface area (Å²) in [6.45, 7) is 3.33. The van der Waals surface area contributed by atoms with Crippen molar-refractivity contribution < 1.29 is 4.79 Å². The van der Waals surface area contributed by atoms with Gasteiger partial charge < -0.3 is 4.90 Å². The molecule has 1 aromatic carbocycles. The Labute approximate surface area is 124 Å². The molecule has 0 spiro atoms. The second-order valence-electron chi connectivity index (χ2n) is 5.18. The molecule has 3 nitrogen and oxygen atoms in total. The highest BCUT2D eigenvalue weighted by Crippen LogP contribution is 2.20. The van der Waals surface area contributed by atoms with Crippen molar-refractivity contribution in [2.24, 2.45) is 0 Å². The lowest BCUT2D eigenvalue weighted by Crippen LogP contribution is -2.36. The van der Waals surface area contributed by atoms with E-state index in [4.69, 9.17) is 0 Å². The van der Waals surface area contributed by atoms with Gasteiger partial charge in [0.05, 0.1) is 17.9 Å². The van der Waals surface area contributed by atoms with Crippen molar-refractivity contribution in [3.05, 3.63) is 71.1 Å². The molecular formula is C18H18N2O. The summed E-state index contributed by atoms with van der Waals surface area (Å²) in [5.74, 6) is 0.0829. The molecule has 1 aliphatic heterocycles. The van der Waals surface area contributed by atoms with Crippen molar-refractivity contribution in [2.75, 3.05) is 6.54 Å². The summed E-state index contributed by atoms with van der Waals surface area (Å²) in [6, 6.07) is 13.6. The van der Waals surface area contributed by atoms with Gasteiger partial charge in [0.1, 0.15) is 0 Å². The third-order valence-electron chi connectivity index (χ3n) is 3.73. The van der Waals surface area contributed by atoms with Crippen molar-refractivity contribution in [3.63, 3.8) is 0 Å². The Balaban J connectivity index is 1.83. The van der Waals surface area contributed by atoms with Gasteiger partial charge in [0, 0.05) is 12.1 Å². The number of allylic oxidation sites excluding steroid dienone is 1. The highest BCUT2D eigenvalue weighted by molar-refractivity contribution is 5.94. The first kappa shape index (κ1) is 13.6. The maximum Gasteiger partial charge on any atom is 0.254 e. The monoisotopic (exact) mass is 278 g/mol. The highest BCUT2D eigenvalue weighted by Gasteiger charge is 2.22. The van der Waals surface area contributed by atoms with Gasteiger partial charge in [-0.2, -0.15) is 0 Å². The van der Waals surface area contributed by atoms with Crippen molar-refractivity contribution in [3.8, 4) is 0 Å². The molecule has 0 radical (unpaired) electrons. The predicted molar refractivity (Wildman–Crippen MR) is 83.8 cm³/mol. The van der Waals surface area contributed by atoms with E-state index in [1.807, 2.05) is 60.4 Å². The van der Waals surface area contributed by atoms with Crippen LogP contribution in [-0.2, 0) is 13.0 Å². The van der Waals surface area contributed by atoms with Crippen molar-refractivity contribution in [1.82, 2.24) is 9.88 Å². The minimum Gasteiger partial charge on any atom is -0.332 e. The van der Waals surface area contributed by atoms with Gasteiger partial charge in [0.15, 0.2) is 0 Å². The van der Waals surface area contributed by atoms with Gasteiger partial charge >= 0.3 is 0 Å². The summed E-state index contributed by atoms with van der Waals surface area (Å²) >= 11 is 0. The van der Waals surface area contributed by atoms with Crippen molar-refractivity contribution in [2.45, 2.75) is 19.9 Å². The second-order valence-corrected chi connectivity index (χ2v) is 5.18. The fraction of sp³-hybridized carbons (Fsp3) is 0.222. The summed E-state index contributed by atoms with van der Waals surface area (Å²) in [4.78, 5) is 19.0. The average molecular weight is 278 g/mol. The van der Waals surface area contributed by atoms with E-state index in [-0.39, 0.29) is 5.91 Å². The molecule has 0 saturated carbocycles. The van der Waals surface area contributed by atoms with Crippen LogP contribution in [0.4, 0.5) is 0 Å². The molecule has 1 aromatic heterocycles. The second kappa shape index (κ2) is 5.92. The molecule has 0 bridgehead atoms. The van der Waals surface area contributed by atoms with Crippen LogP contribution in [0.3, 0.4) is 0 Å². The van der Waals surface area contributed by atoms with Crippen molar-refractivity contribution >= 4 is 12.0 Å². The lowest BCUT2D eigenvalue weighted by molar-refractivity contribution is 0.0732. The number of rotatable bonds is 2. The third kappa shape index (κ3) is 2.87. The van der Waals surface area contributed by atoms with Crippen molar-refractivity contribution in [1.29, 1.82) is 0 Å². The standard InChI is InChI=1S/C18H18N2O/c1-2-6-16-10-9-14-11-12-20(13-17(14)19-16)18(21)15-7-4-3-5-8-15/h2-10H,11-13H2,1H3/b6-2+. The normalized spacial score (nSPS) is 14.2. The van der Waals surface area contributed by atoms with Crippen LogP contribution in [0.5, 0.6) is 0 Å². The van der Waals surface area contributed by atoms with E-state index < -0.39 is 0 Å². The number of amides is 1. The molecule has 0 unspecified atom stereocenters. The molecule has 0 aliphatic carbocycles. The van der Waals surface area contributed by atoms with Gasteiger partial charge in [-0.3, -0.25) is 9.78 Å². The first-order valence-electron chi connectivity index (χ1n) is 7.24. The Morgan fingerprint density at radius 2 is 2.00 bits per heavy atom. The van der Waals surface area contributed by atoms with E-state index in [2.05, 4.69) is 11.1 Å². The Morgan fingerprint density at radius 3 is 2.76 bits per heavy atom. The van der Waals surface area contributed by atoms with Gasteiger partial charge in [-0.05, 0) is 43.2 Å². The van der Waals surface area contributed by atoms with Gasteiger partial charge in [-0.1, -0.05) is 30.3 Å². The molecule has 0 N–H and O–H groups in total. The van der Waals surface area contributed by atoms with E-state index in [1.54, 1.807) is 0 Å². The summed E-state index contributed by atoms with van der Waals surface area (Å²) in [7, 11) is 0. The fourth-order valence-electron chi connectivity index (χ4n) is 2.63. The van der Waals surface area contributed by atoms with Crippen LogP contribution < -0.4 is 0 Å². The Bertz CT molecular complexity index is 677. The van der Waals surface area contributed by atoms with Crippen LogP contribution in [0.1, 0.15) is 34.2 Å². The Morgan fingerprint density at radius 1 is 1.19 bits per heavy atom. The Hall–Kier alpha value is -2.42. The number of carbonyl (C=O) groups is 1. The van der Waals surface area contributed by atoms with E-state index in [1.165, 1.54) is 5.56 Å².